The quantitative estimate of drug-likeness (QED) is 0.0453. The van der Waals surface area contributed by atoms with Crippen molar-refractivity contribution >= 4 is 0 Å². The topological polar surface area (TPSA) is 52.5 Å². The van der Waals surface area contributed by atoms with E-state index < -0.39 is 0 Å². The summed E-state index contributed by atoms with van der Waals surface area (Å²) >= 11 is 0. The van der Waals surface area contributed by atoms with Crippen LogP contribution < -0.4 is 5.32 Å². The average Bonchev–Trinajstić information content (AvgIpc) is 3.09. The number of nitrogens with one attached hydrogen (secondary N) is 1. The highest BCUT2D eigenvalue weighted by Gasteiger charge is 1.96. The normalized spacial score (nSPS) is 11.6. The van der Waals surface area contributed by atoms with Gasteiger partial charge in [-0.2, -0.15) is 0 Å². The highest BCUT2D eigenvalue weighted by atomic mass is 16.3. The van der Waals surface area contributed by atoms with Crippen LogP contribution in [-0.4, -0.2) is 36.5 Å². The molecule has 0 saturated heterocycles. The van der Waals surface area contributed by atoms with Gasteiger partial charge < -0.3 is 15.5 Å². The van der Waals surface area contributed by atoms with E-state index in [1.165, 1.54) is 231 Å². The number of allylic oxidation sites excluding steroid dienone is 4. The van der Waals surface area contributed by atoms with Crippen molar-refractivity contribution in [2.45, 2.75) is 232 Å². The molecule has 0 bridgehead atoms. The minimum Gasteiger partial charge on any atom is -0.394 e. The Hall–Kier alpha value is -0.640. The molecule has 0 unspecified atom stereocenters. The van der Waals surface area contributed by atoms with E-state index in [4.69, 9.17) is 10.2 Å². The molecule has 0 radical (unpaired) electrons. The summed E-state index contributed by atoms with van der Waals surface area (Å²) in [5.74, 6) is 0. The lowest BCUT2D eigenvalue weighted by Gasteiger charge is -2.05. The third-order valence-corrected chi connectivity index (χ3v) is 9.33. The lowest BCUT2D eigenvalue weighted by molar-refractivity contribution is 0.186. The van der Waals surface area contributed by atoms with E-state index in [1.54, 1.807) is 0 Å². The molecule has 0 aromatic rings. The van der Waals surface area contributed by atoms with Gasteiger partial charge in [-0.3, -0.25) is 0 Å². The minimum atomic E-state index is -0.125. The molecule has 282 valence electrons. The lowest BCUT2D eigenvalue weighted by Crippen LogP contribution is -2.16. The zero-order valence-corrected chi connectivity index (χ0v) is 32.6. The highest BCUT2D eigenvalue weighted by Crippen LogP contribution is 2.13. The van der Waals surface area contributed by atoms with E-state index in [1.807, 2.05) is 0 Å². The molecule has 3 nitrogen and oxygen atoms in total. The van der Waals surface area contributed by atoms with Gasteiger partial charge >= 0.3 is 0 Å². The summed E-state index contributed by atoms with van der Waals surface area (Å²) in [4.78, 5) is 0. The SMILES string of the molecule is CCCCCCCC/C=C\CCCCCCCCCCCNCCCCCCCCCCC/C=C\CCCCCCCC.OCCO. The fourth-order valence-electron chi connectivity index (χ4n) is 6.18. The Bertz CT molecular complexity index is 513. The average molecular weight is 664 g/mol. The Morgan fingerprint density at radius 2 is 0.511 bits per heavy atom. The Morgan fingerprint density at radius 3 is 0.745 bits per heavy atom. The predicted molar refractivity (Wildman–Crippen MR) is 214 cm³/mol. The molecule has 0 rings (SSSR count). The number of aliphatic hydroxyl groups is 2. The summed E-state index contributed by atoms with van der Waals surface area (Å²) in [5, 5.41) is 18.9. The van der Waals surface area contributed by atoms with Gasteiger partial charge in [0.05, 0.1) is 13.2 Å². The maximum Gasteiger partial charge on any atom is 0.0662 e. The number of unbranched alkanes of at least 4 members (excludes halogenated alkanes) is 30. The first-order valence-electron chi connectivity index (χ1n) is 21.6. The number of hydrogen-bond acceptors (Lipinski definition) is 3. The van der Waals surface area contributed by atoms with Gasteiger partial charge in [-0.15, -0.1) is 0 Å². The molecule has 0 spiro atoms. The molecular weight excluding hydrogens is 574 g/mol. The van der Waals surface area contributed by atoms with E-state index in [0.717, 1.165) is 0 Å². The maximum atomic E-state index is 7.62. The van der Waals surface area contributed by atoms with Gasteiger partial charge in [-0.25, -0.2) is 0 Å². The van der Waals surface area contributed by atoms with Gasteiger partial charge in [0.25, 0.3) is 0 Å². The standard InChI is InChI=1S/C42H83N.C2H6O2/c1-3-5-7-9-11-13-15-17-19-21-23-25-27-29-31-33-35-37-39-41-43-42-40-38-36-34-32-30-28-26-24-22-20-18-16-14-12-10-8-6-4-2;3-1-2-4/h17-20,43H,3-16,21-42H2,1-2H3;3-4H,1-2H2/b19-17-,20-18-;. The summed E-state index contributed by atoms with van der Waals surface area (Å²) in [6.07, 6.45) is 57.7. The summed E-state index contributed by atoms with van der Waals surface area (Å²) in [6.45, 7) is 6.82. The molecular formula is C44H89NO2. The molecule has 0 amide bonds. The third kappa shape index (κ3) is 52.4. The van der Waals surface area contributed by atoms with Crippen LogP contribution in [0.3, 0.4) is 0 Å². The number of hydrogen-bond donors (Lipinski definition) is 3. The van der Waals surface area contributed by atoms with Gasteiger partial charge in [0.2, 0.25) is 0 Å². The van der Waals surface area contributed by atoms with Crippen LogP contribution in [-0.2, 0) is 0 Å². The van der Waals surface area contributed by atoms with Crippen molar-refractivity contribution in [3.8, 4) is 0 Å². The second-order valence-corrected chi connectivity index (χ2v) is 14.2. The molecule has 0 aliphatic rings. The van der Waals surface area contributed by atoms with E-state index in [-0.39, 0.29) is 13.2 Å². The largest absolute Gasteiger partial charge is 0.394 e. The maximum absolute atomic E-state index is 7.62. The summed E-state index contributed by atoms with van der Waals surface area (Å²) in [6, 6.07) is 0. The molecule has 0 saturated carbocycles. The van der Waals surface area contributed by atoms with Crippen LogP contribution in [0.25, 0.3) is 0 Å². The van der Waals surface area contributed by atoms with Crippen molar-refractivity contribution in [1.29, 1.82) is 0 Å². The van der Waals surface area contributed by atoms with Crippen molar-refractivity contribution in [2.75, 3.05) is 26.3 Å². The van der Waals surface area contributed by atoms with Crippen LogP contribution in [0.5, 0.6) is 0 Å². The molecule has 0 aromatic heterocycles. The molecule has 0 aromatic carbocycles. The first-order valence-corrected chi connectivity index (χ1v) is 21.6. The van der Waals surface area contributed by atoms with E-state index in [2.05, 4.69) is 43.5 Å². The Balaban J connectivity index is 0. The van der Waals surface area contributed by atoms with Crippen molar-refractivity contribution < 1.29 is 10.2 Å². The third-order valence-electron chi connectivity index (χ3n) is 9.33. The second-order valence-electron chi connectivity index (χ2n) is 14.2. The van der Waals surface area contributed by atoms with Gasteiger partial charge in [-0.05, 0) is 77.3 Å². The van der Waals surface area contributed by atoms with Gasteiger partial charge in [-0.1, -0.05) is 192 Å². The van der Waals surface area contributed by atoms with E-state index >= 15 is 0 Å². The predicted octanol–water partition coefficient (Wildman–Crippen LogP) is 14.0. The Morgan fingerprint density at radius 1 is 0.298 bits per heavy atom. The molecule has 0 aliphatic carbocycles. The van der Waals surface area contributed by atoms with Crippen molar-refractivity contribution in [1.82, 2.24) is 5.32 Å². The monoisotopic (exact) mass is 664 g/mol. The van der Waals surface area contributed by atoms with Crippen LogP contribution in [0.15, 0.2) is 24.3 Å². The minimum absolute atomic E-state index is 0.125. The Kier molecular flexibility index (Phi) is 51.3. The van der Waals surface area contributed by atoms with Crippen LogP contribution in [0.4, 0.5) is 0 Å². The van der Waals surface area contributed by atoms with Crippen LogP contribution in [0.2, 0.25) is 0 Å². The molecule has 0 aliphatic heterocycles. The zero-order chi connectivity index (χ0) is 34.4. The number of aliphatic hydroxyl groups excluding tert-OH is 2. The van der Waals surface area contributed by atoms with Crippen LogP contribution in [0.1, 0.15) is 232 Å². The molecule has 3 heteroatoms. The molecule has 3 N–H and O–H groups in total. The smallest absolute Gasteiger partial charge is 0.0662 e. The van der Waals surface area contributed by atoms with Gasteiger partial charge in [0, 0.05) is 0 Å². The van der Waals surface area contributed by atoms with Crippen LogP contribution in [0, 0.1) is 0 Å². The first-order chi connectivity index (χ1) is 23.3. The highest BCUT2D eigenvalue weighted by molar-refractivity contribution is 4.82. The Labute approximate surface area is 297 Å². The second kappa shape index (κ2) is 49.7. The zero-order valence-electron chi connectivity index (χ0n) is 32.6. The van der Waals surface area contributed by atoms with Crippen molar-refractivity contribution in [3.63, 3.8) is 0 Å². The fraction of sp³-hybridized carbons (Fsp3) is 0.909. The summed E-state index contributed by atoms with van der Waals surface area (Å²) in [7, 11) is 0. The molecule has 47 heavy (non-hydrogen) atoms. The fourth-order valence-corrected chi connectivity index (χ4v) is 6.18. The first kappa shape index (κ1) is 48.5. The van der Waals surface area contributed by atoms with Crippen molar-refractivity contribution in [3.05, 3.63) is 24.3 Å². The van der Waals surface area contributed by atoms with Gasteiger partial charge in [0.15, 0.2) is 0 Å². The van der Waals surface area contributed by atoms with E-state index in [9.17, 15) is 0 Å². The van der Waals surface area contributed by atoms with E-state index in [0.29, 0.717) is 0 Å². The lowest BCUT2D eigenvalue weighted by atomic mass is 10.1. The number of rotatable bonds is 39. The molecule has 0 fully saturated rings. The van der Waals surface area contributed by atoms with Crippen LogP contribution >= 0.6 is 0 Å². The summed E-state index contributed by atoms with van der Waals surface area (Å²) < 4.78 is 0. The summed E-state index contributed by atoms with van der Waals surface area (Å²) in [5.41, 5.74) is 0. The van der Waals surface area contributed by atoms with Gasteiger partial charge in [0.1, 0.15) is 0 Å². The molecule has 0 heterocycles. The molecule has 0 atom stereocenters. The van der Waals surface area contributed by atoms with Crippen molar-refractivity contribution in [2.24, 2.45) is 0 Å².